The van der Waals surface area contributed by atoms with Crippen molar-refractivity contribution in [1.29, 1.82) is 0 Å². The fraction of sp³-hybridized carbons (Fsp3) is 0.0526. The molecule has 2 aromatic carbocycles. The third-order valence-corrected chi connectivity index (χ3v) is 3.59. The summed E-state index contributed by atoms with van der Waals surface area (Å²) in [5, 5.41) is 3.88. The Kier molecular flexibility index (Phi) is 5.11. The molecule has 126 valence electrons. The number of fused-ring (bicyclic) bond motifs is 1. The van der Waals surface area contributed by atoms with Crippen molar-refractivity contribution in [2.24, 2.45) is 15.7 Å². The molecule has 0 spiro atoms. The molecule has 0 aliphatic rings. The molecule has 0 bridgehead atoms. The summed E-state index contributed by atoms with van der Waals surface area (Å²) in [5.41, 5.74) is 8.22. The molecule has 0 saturated heterocycles. The Morgan fingerprint density at radius 3 is 2.84 bits per heavy atom. The minimum absolute atomic E-state index is 0. The van der Waals surface area contributed by atoms with E-state index in [9.17, 15) is 4.79 Å². The second-order valence-corrected chi connectivity index (χ2v) is 5.32. The first-order chi connectivity index (χ1) is 12.3. The third-order valence-electron chi connectivity index (χ3n) is 3.59. The Morgan fingerprint density at radius 1 is 1.20 bits per heavy atom. The van der Waals surface area contributed by atoms with E-state index in [1.807, 2.05) is 42.5 Å². The standard InChI is InChI=1S/C19H17N5O.H2/c20-12-22-13-21-11-14-3-7-17(8-4-14)24-19(25)16-6-5-15-2-1-9-23-18(15)10-16;/h1-10,12-13H,11H2,(H,24,25)(H2,20,21,22);1H. The SMILES string of the molecule is NC=NC=NCc1ccc(NC(=O)c2ccc3cccnc3c2)cc1.[HH]. The molecule has 0 radical (unpaired) electrons. The van der Waals surface area contributed by atoms with Crippen molar-refractivity contribution in [2.75, 3.05) is 5.32 Å². The van der Waals surface area contributed by atoms with Crippen LogP contribution in [0.25, 0.3) is 10.9 Å². The number of aromatic nitrogens is 1. The van der Waals surface area contributed by atoms with Crippen molar-refractivity contribution in [2.45, 2.75) is 6.54 Å². The number of nitrogens with two attached hydrogens (primary N) is 1. The molecular weight excluding hydrogens is 314 g/mol. The molecular formula is C19H19N5O. The molecule has 1 heterocycles. The third kappa shape index (κ3) is 4.26. The number of anilines is 1. The zero-order valence-corrected chi connectivity index (χ0v) is 13.5. The summed E-state index contributed by atoms with van der Waals surface area (Å²) in [5.74, 6) is -0.171. The van der Waals surface area contributed by atoms with E-state index < -0.39 is 0 Å². The molecule has 0 aliphatic carbocycles. The molecule has 3 aromatic rings. The Labute approximate surface area is 146 Å². The van der Waals surface area contributed by atoms with Gasteiger partial charge in [-0.25, -0.2) is 4.99 Å². The number of hydrogen-bond acceptors (Lipinski definition) is 3. The zero-order chi connectivity index (χ0) is 17.5. The molecule has 6 heteroatoms. The smallest absolute Gasteiger partial charge is 0.255 e. The number of carbonyl (C=O) groups is 1. The van der Waals surface area contributed by atoms with Crippen LogP contribution in [-0.4, -0.2) is 23.6 Å². The molecule has 25 heavy (non-hydrogen) atoms. The van der Waals surface area contributed by atoms with E-state index in [1.54, 1.807) is 18.3 Å². The Bertz CT molecular complexity index is 938. The van der Waals surface area contributed by atoms with Gasteiger partial charge in [-0.2, -0.15) is 0 Å². The van der Waals surface area contributed by atoms with Gasteiger partial charge in [-0.3, -0.25) is 14.8 Å². The van der Waals surface area contributed by atoms with E-state index in [0.29, 0.717) is 12.1 Å². The number of benzene rings is 2. The first-order valence-electron chi connectivity index (χ1n) is 7.73. The highest BCUT2D eigenvalue weighted by Gasteiger charge is 2.07. The van der Waals surface area contributed by atoms with Gasteiger partial charge in [-0.1, -0.05) is 24.3 Å². The molecule has 1 aromatic heterocycles. The van der Waals surface area contributed by atoms with Crippen LogP contribution in [0.3, 0.4) is 0 Å². The van der Waals surface area contributed by atoms with Gasteiger partial charge in [0.2, 0.25) is 0 Å². The number of amides is 1. The second-order valence-electron chi connectivity index (χ2n) is 5.32. The van der Waals surface area contributed by atoms with Crippen LogP contribution in [0.1, 0.15) is 17.3 Å². The first-order valence-corrected chi connectivity index (χ1v) is 7.73. The average molecular weight is 333 g/mol. The summed E-state index contributed by atoms with van der Waals surface area (Å²) in [6, 6.07) is 16.8. The van der Waals surface area contributed by atoms with E-state index in [2.05, 4.69) is 20.3 Å². The highest BCUT2D eigenvalue weighted by Crippen LogP contribution is 2.16. The van der Waals surface area contributed by atoms with Crippen LogP contribution in [0, 0.1) is 0 Å². The summed E-state index contributed by atoms with van der Waals surface area (Å²) >= 11 is 0. The monoisotopic (exact) mass is 333 g/mol. The number of nitrogens with zero attached hydrogens (tertiary/aromatic N) is 3. The van der Waals surface area contributed by atoms with Gasteiger partial charge in [0.1, 0.15) is 6.34 Å². The van der Waals surface area contributed by atoms with Crippen LogP contribution >= 0.6 is 0 Å². The van der Waals surface area contributed by atoms with Crippen LogP contribution in [0.15, 0.2) is 70.8 Å². The van der Waals surface area contributed by atoms with Gasteiger partial charge in [-0.15, -0.1) is 0 Å². The molecule has 0 saturated carbocycles. The number of hydrogen-bond donors (Lipinski definition) is 2. The highest BCUT2D eigenvalue weighted by atomic mass is 16.1. The van der Waals surface area contributed by atoms with Gasteiger partial charge >= 0.3 is 0 Å². The molecule has 6 nitrogen and oxygen atoms in total. The van der Waals surface area contributed by atoms with Crippen LogP contribution in [-0.2, 0) is 6.54 Å². The quantitative estimate of drug-likeness (QED) is 0.554. The summed E-state index contributed by atoms with van der Waals surface area (Å²) in [4.78, 5) is 24.5. The predicted molar refractivity (Wildman–Crippen MR) is 103 cm³/mol. The van der Waals surface area contributed by atoms with E-state index >= 15 is 0 Å². The molecule has 3 rings (SSSR count). The van der Waals surface area contributed by atoms with Gasteiger partial charge in [0.25, 0.3) is 5.91 Å². The van der Waals surface area contributed by atoms with Crippen LogP contribution in [0.4, 0.5) is 5.69 Å². The molecule has 0 aliphatic heterocycles. The van der Waals surface area contributed by atoms with Gasteiger partial charge < -0.3 is 11.1 Å². The molecule has 0 atom stereocenters. The number of nitrogens with one attached hydrogen (secondary N) is 1. The van der Waals surface area contributed by atoms with Crippen molar-refractivity contribution < 1.29 is 6.22 Å². The average Bonchev–Trinajstić information content (AvgIpc) is 2.66. The normalized spacial score (nSPS) is 11.4. The van der Waals surface area contributed by atoms with Gasteiger partial charge in [0, 0.05) is 24.3 Å². The van der Waals surface area contributed by atoms with Crippen LogP contribution < -0.4 is 11.1 Å². The molecule has 3 N–H and O–H groups in total. The van der Waals surface area contributed by atoms with Crippen LogP contribution in [0.2, 0.25) is 0 Å². The minimum Gasteiger partial charge on any atom is -0.390 e. The van der Waals surface area contributed by atoms with E-state index in [4.69, 9.17) is 5.73 Å². The maximum atomic E-state index is 12.4. The fourth-order valence-corrected chi connectivity index (χ4v) is 2.34. The van der Waals surface area contributed by atoms with Crippen LogP contribution in [0.5, 0.6) is 0 Å². The van der Waals surface area contributed by atoms with Gasteiger partial charge in [-0.05, 0) is 35.9 Å². The first kappa shape index (κ1) is 16.3. The van der Waals surface area contributed by atoms with Crippen molar-refractivity contribution in [3.05, 3.63) is 71.9 Å². The maximum Gasteiger partial charge on any atom is 0.255 e. The predicted octanol–water partition coefficient (Wildman–Crippen LogP) is 3.25. The molecule has 1 amide bonds. The number of rotatable bonds is 5. The largest absolute Gasteiger partial charge is 0.390 e. The topological polar surface area (TPSA) is 92.7 Å². The molecule has 0 fully saturated rings. The van der Waals surface area contributed by atoms with Gasteiger partial charge in [0.05, 0.1) is 18.4 Å². The van der Waals surface area contributed by atoms with E-state index in [0.717, 1.165) is 22.2 Å². The zero-order valence-electron chi connectivity index (χ0n) is 13.5. The Hall–Kier alpha value is -3.54. The maximum absolute atomic E-state index is 12.4. The number of pyridine rings is 1. The number of carbonyl (C=O) groups excluding carboxylic acids is 1. The lowest BCUT2D eigenvalue weighted by molar-refractivity contribution is 0.102. The highest BCUT2D eigenvalue weighted by molar-refractivity contribution is 6.06. The molecule has 0 unspecified atom stereocenters. The lowest BCUT2D eigenvalue weighted by Crippen LogP contribution is -2.11. The fourth-order valence-electron chi connectivity index (χ4n) is 2.34. The van der Waals surface area contributed by atoms with Crippen molar-refractivity contribution >= 4 is 35.2 Å². The Morgan fingerprint density at radius 2 is 2.04 bits per heavy atom. The van der Waals surface area contributed by atoms with E-state index in [1.165, 1.54) is 12.7 Å². The summed E-state index contributed by atoms with van der Waals surface area (Å²) in [7, 11) is 0. The minimum atomic E-state index is -0.171. The summed E-state index contributed by atoms with van der Waals surface area (Å²) < 4.78 is 0. The summed E-state index contributed by atoms with van der Waals surface area (Å²) in [6.07, 6.45) is 4.30. The second kappa shape index (κ2) is 7.83. The number of aliphatic imine (C=N–C) groups is 2. The van der Waals surface area contributed by atoms with Crippen molar-refractivity contribution in [1.82, 2.24) is 4.98 Å². The summed E-state index contributed by atoms with van der Waals surface area (Å²) in [6.45, 7) is 0.502. The van der Waals surface area contributed by atoms with E-state index in [-0.39, 0.29) is 7.33 Å². The van der Waals surface area contributed by atoms with Crippen molar-refractivity contribution in [3.8, 4) is 0 Å². The van der Waals surface area contributed by atoms with Gasteiger partial charge in [0.15, 0.2) is 0 Å². The van der Waals surface area contributed by atoms with Crippen molar-refractivity contribution in [3.63, 3.8) is 0 Å². The Balaban J connectivity index is 0.00000243. The lowest BCUT2D eigenvalue weighted by atomic mass is 10.1. The lowest BCUT2D eigenvalue weighted by Gasteiger charge is -2.07.